The Morgan fingerprint density at radius 2 is 1.48 bits per heavy atom. The topological polar surface area (TPSA) is 27.7 Å². The molecule has 146 valence electrons. The van der Waals surface area contributed by atoms with Crippen LogP contribution in [-0.2, 0) is 13.6 Å². The zero-order valence-electron chi connectivity index (χ0n) is 18.1. The Hall–Kier alpha value is -0.206. The summed E-state index contributed by atoms with van der Waals surface area (Å²) in [7, 11) is -3.90. The highest BCUT2D eigenvalue weighted by Gasteiger charge is 2.46. The maximum atomic E-state index is 6.79. The Morgan fingerprint density at radius 3 is 1.84 bits per heavy atom. The maximum Gasteiger partial charge on any atom is 0.193 e. The molecule has 0 aromatic rings. The van der Waals surface area contributed by atoms with Crippen LogP contribution in [0.4, 0.5) is 0 Å². The van der Waals surface area contributed by atoms with Crippen LogP contribution in [0.2, 0.25) is 36.3 Å². The molecule has 3 nitrogen and oxygen atoms in total. The van der Waals surface area contributed by atoms with Crippen molar-refractivity contribution in [1.29, 1.82) is 0 Å². The van der Waals surface area contributed by atoms with Crippen molar-refractivity contribution < 1.29 is 13.6 Å². The van der Waals surface area contributed by atoms with Gasteiger partial charge in [-0.1, -0.05) is 59.8 Å². The van der Waals surface area contributed by atoms with E-state index in [9.17, 15) is 0 Å². The predicted octanol–water partition coefficient (Wildman–Crippen LogP) is 5.91. The van der Waals surface area contributed by atoms with E-state index in [2.05, 4.69) is 86.5 Å². The molecule has 0 radical (unpaired) electrons. The van der Waals surface area contributed by atoms with E-state index in [-0.39, 0.29) is 28.4 Å². The molecule has 1 rings (SSSR count). The average molecular weight is 385 g/mol. The molecule has 0 N–H and O–H groups in total. The molecule has 0 aromatic heterocycles. The molecule has 0 amide bonds. The van der Waals surface area contributed by atoms with E-state index in [1.165, 1.54) is 0 Å². The fraction of sp³-hybridized carbons (Fsp3) is 0.800. The summed E-state index contributed by atoms with van der Waals surface area (Å²) in [4.78, 5) is 0. The quantitative estimate of drug-likeness (QED) is 0.403. The normalized spacial score (nSPS) is 22.1. The van der Waals surface area contributed by atoms with Crippen LogP contribution >= 0.6 is 0 Å². The van der Waals surface area contributed by atoms with Crippen molar-refractivity contribution in [3.05, 3.63) is 24.8 Å². The molecule has 0 aromatic carbocycles. The average Bonchev–Trinajstić information content (AvgIpc) is 2.93. The highest BCUT2D eigenvalue weighted by Crippen LogP contribution is 2.41. The van der Waals surface area contributed by atoms with Gasteiger partial charge in [0.2, 0.25) is 0 Å². The lowest BCUT2D eigenvalue weighted by Gasteiger charge is -2.45. The van der Waals surface area contributed by atoms with E-state index < -0.39 is 16.6 Å². The zero-order valence-corrected chi connectivity index (χ0v) is 20.1. The summed E-state index contributed by atoms with van der Waals surface area (Å²) in [6.07, 6.45) is 5.71. The number of hydrogen-bond donors (Lipinski definition) is 0. The first-order valence-corrected chi connectivity index (χ1v) is 15.2. The van der Waals surface area contributed by atoms with Gasteiger partial charge in [0.05, 0.1) is 12.7 Å². The summed E-state index contributed by atoms with van der Waals surface area (Å²) in [5.74, 6) is 0. The highest BCUT2D eigenvalue weighted by atomic mass is 28.4. The van der Waals surface area contributed by atoms with Crippen LogP contribution in [0.1, 0.15) is 41.5 Å². The monoisotopic (exact) mass is 384 g/mol. The van der Waals surface area contributed by atoms with Crippen molar-refractivity contribution in [2.75, 3.05) is 6.61 Å². The smallest absolute Gasteiger partial charge is 0.193 e. The van der Waals surface area contributed by atoms with Crippen molar-refractivity contribution in [2.24, 2.45) is 0 Å². The molecular formula is C20H40O3Si2. The molecular weight excluding hydrogens is 344 g/mol. The molecule has 5 heteroatoms. The van der Waals surface area contributed by atoms with Gasteiger partial charge in [0.25, 0.3) is 0 Å². The predicted molar refractivity (Wildman–Crippen MR) is 113 cm³/mol. The molecule has 1 aliphatic rings. The van der Waals surface area contributed by atoms with Crippen LogP contribution < -0.4 is 0 Å². The van der Waals surface area contributed by atoms with E-state index >= 15 is 0 Å². The van der Waals surface area contributed by atoms with Crippen molar-refractivity contribution >= 4 is 16.6 Å². The number of hydrogen-bond acceptors (Lipinski definition) is 3. The Kier molecular flexibility index (Phi) is 7.13. The summed E-state index contributed by atoms with van der Waals surface area (Å²) in [6.45, 7) is 27.4. The summed E-state index contributed by atoms with van der Waals surface area (Å²) in [5, 5.41) is 0.276. The third kappa shape index (κ3) is 5.63. The maximum absolute atomic E-state index is 6.79. The molecule has 0 saturated heterocycles. The van der Waals surface area contributed by atoms with Crippen LogP contribution in [0.25, 0.3) is 0 Å². The number of rotatable bonds is 7. The minimum Gasteiger partial charge on any atom is -0.408 e. The van der Waals surface area contributed by atoms with Gasteiger partial charge in [0, 0.05) is 0 Å². The molecule has 1 heterocycles. The minimum atomic E-state index is -1.96. The van der Waals surface area contributed by atoms with Gasteiger partial charge in [-0.05, 0) is 36.3 Å². The van der Waals surface area contributed by atoms with Crippen LogP contribution in [0.15, 0.2) is 24.8 Å². The van der Waals surface area contributed by atoms with E-state index in [1.54, 1.807) is 0 Å². The molecule has 25 heavy (non-hydrogen) atoms. The lowest BCUT2D eigenvalue weighted by atomic mass is 10.1. The van der Waals surface area contributed by atoms with Crippen LogP contribution in [-0.4, -0.2) is 41.6 Å². The van der Waals surface area contributed by atoms with Crippen LogP contribution in [0.5, 0.6) is 0 Å². The van der Waals surface area contributed by atoms with Gasteiger partial charge < -0.3 is 13.6 Å². The Labute approximate surface area is 158 Å². The minimum absolute atomic E-state index is 0.0677. The fourth-order valence-corrected chi connectivity index (χ4v) is 4.79. The summed E-state index contributed by atoms with van der Waals surface area (Å²) in [5.41, 5.74) is 0. The lowest BCUT2D eigenvalue weighted by Crippen LogP contribution is -2.54. The summed E-state index contributed by atoms with van der Waals surface area (Å²) in [6, 6.07) is 0. The fourth-order valence-electron chi connectivity index (χ4n) is 2.22. The van der Waals surface area contributed by atoms with E-state index in [0.29, 0.717) is 6.61 Å². The molecule has 0 spiro atoms. The molecule has 3 atom stereocenters. The largest absolute Gasteiger partial charge is 0.408 e. The van der Waals surface area contributed by atoms with Crippen molar-refractivity contribution in [3.63, 3.8) is 0 Å². The third-order valence-corrected chi connectivity index (χ3v) is 15.0. The van der Waals surface area contributed by atoms with E-state index in [1.807, 2.05) is 6.08 Å². The second-order valence-electron chi connectivity index (χ2n) is 10.1. The van der Waals surface area contributed by atoms with Crippen LogP contribution in [0.3, 0.4) is 0 Å². The second kappa shape index (κ2) is 7.81. The first kappa shape index (κ1) is 22.8. The third-order valence-electron chi connectivity index (χ3n) is 6.06. The molecule has 0 saturated carbocycles. The summed E-state index contributed by atoms with van der Waals surface area (Å²) < 4.78 is 19.4. The molecule has 0 fully saturated rings. The Morgan fingerprint density at radius 1 is 1.00 bits per heavy atom. The lowest BCUT2D eigenvalue weighted by molar-refractivity contribution is -0.0286. The Bertz CT molecular complexity index is 484. The first-order chi connectivity index (χ1) is 11.1. The molecule has 1 aliphatic heterocycles. The van der Waals surface area contributed by atoms with Gasteiger partial charge in [-0.2, -0.15) is 0 Å². The van der Waals surface area contributed by atoms with Gasteiger partial charge in [-0.15, -0.1) is 6.58 Å². The van der Waals surface area contributed by atoms with Crippen molar-refractivity contribution in [3.8, 4) is 0 Å². The second-order valence-corrected chi connectivity index (χ2v) is 19.7. The SMILES string of the molecule is C=C[C@@H](O[Si](C)(C)C(C)(C)C)[C@@H](O[Si](C)(C)C(C)(C)C)[C@H]1C=CCO1. The first-order valence-electron chi connectivity index (χ1n) is 9.39. The zero-order chi connectivity index (χ0) is 19.7. The van der Waals surface area contributed by atoms with Gasteiger partial charge >= 0.3 is 0 Å². The van der Waals surface area contributed by atoms with Gasteiger partial charge in [0.1, 0.15) is 12.2 Å². The van der Waals surface area contributed by atoms with Gasteiger partial charge in [-0.25, -0.2) is 0 Å². The molecule has 0 aliphatic carbocycles. The van der Waals surface area contributed by atoms with Gasteiger partial charge in [0.15, 0.2) is 16.6 Å². The number of ether oxygens (including phenoxy) is 1. The van der Waals surface area contributed by atoms with Gasteiger partial charge in [-0.3, -0.25) is 0 Å². The van der Waals surface area contributed by atoms with E-state index in [4.69, 9.17) is 13.6 Å². The standard InChI is InChI=1S/C20H40O3Si2/c1-12-16(22-24(8,9)19(2,3)4)18(17-14-13-15-21-17)23-25(10,11)20(5,6)7/h12-14,16-18H,1,15H2,2-11H3/t16-,17-,18-/m1/s1. The van der Waals surface area contributed by atoms with Crippen molar-refractivity contribution in [2.45, 2.75) is 96.1 Å². The molecule has 0 bridgehead atoms. The highest BCUT2D eigenvalue weighted by molar-refractivity contribution is 6.74. The summed E-state index contributed by atoms with van der Waals surface area (Å²) >= 11 is 0. The Balaban J connectivity index is 3.13. The van der Waals surface area contributed by atoms with Crippen LogP contribution in [0, 0.1) is 0 Å². The molecule has 0 unspecified atom stereocenters. The van der Waals surface area contributed by atoms with E-state index in [0.717, 1.165) is 0 Å². The van der Waals surface area contributed by atoms with Crippen molar-refractivity contribution in [1.82, 2.24) is 0 Å².